The normalized spacial score (nSPS) is 13.4. The van der Waals surface area contributed by atoms with E-state index in [1.54, 1.807) is 37.3 Å². The van der Waals surface area contributed by atoms with Gasteiger partial charge in [-0.05, 0) is 53.2 Å². The highest BCUT2D eigenvalue weighted by Crippen LogP contribution is 2.25. The summed E-state index contributed by atoms with van der Waals surface area (Å²) in [7, 11) is -1.47. The van der Waals surface area contributed by atoms with E-state index >= 15 is 0 Å². The molecule has 6 heteroatoms. The number of hydrogen-bond donors (Lipinski definition) is 2. The van der Waals surface area contributed by atoms with E-state index in [1.165, 1.54) is 0 Å². The van der Waals surface area contributed by atoms with Crippen LogP contribution in [0.2, 0.25) is 0 Å². The zero-order valence-electron chi connectivity index (χ0n) is 11.4. The van der Waals surface area contributed by atoms with Gasteiger partial charge in [-0.1, -0.05) is 18.2 Å². The molecule has 3 N–H and O–H groups in total. The van der Waals surface area contributed by atoms with Gasteiger partial charge in [-0.25, -0.2) is 0 Å². The van der Waals surface area contributed by atoms with Crippen LogP contribution in [0.15, 0.2) is 57.9 Å². The molecule has 0 bridgehead atoms. The van der Waals surface area contributed by atoms with Gasteiger partial charge in [0.1, 0.15) is 5.25 Å². The molecule has 4 nitrogen and oxygen atoms in total. The molecule has 1 amide bonds. The van der Waals surface area contributed by atoms with Crippen LogP contribution < -0.4 is 11.1 Å². The molecule has 2 atom stereocenters. The number of halogens is 1. The average molecular weight is 367 g/mol. The van der Waals surface area contributed by atoms with Crippen molar-refractivity contribution in [3.8, 4) is 0 Å². The number of carbonyl (C=O) groups is 1. The lowest BCUT2D eigenvalue weighted by atomic mass is 10.3. The van der Waals surface area contributed by atoms with E-state index in [2.05, 4.69) is 21.2 Å². The topological polar surface area (TPSA) is 72.2 Å². The third-order valence-corrected chi connectivity index (χ3v) is 5.47. The van der Waals surface area contributed by atoms with E-state index in [1.807, 2.05) is 18.2 Å². The van der Waals surface area contributed by atoms with Crippen molar-refractivity contribution in [2.75, 3.05) is 11.1 Å². The molecule has 0 saturated carbocycles. The minimum absolute atomic E-state index is 0.289. The Morgan fingerprint density at radius 1 is 1.24 bits per heavy atom. The minimum Gasteiger partial charge on any atom is -0.399 e. The van der Waals surface area contributed by atoms with E-state index in [-0.39, 0.29) is 5.91 Å². The molecule has 110 valence electrons. The van der Waals surface area contributed by atoms with E-state index in [9.17, 15) is 9.00 Å². The molecule has 21 heavy (non-hydrogen) atoms. The highest BCUT2D eigenvalue weighted by molar-refractivity contribution is 9.10. The van der Waals surface area contributed by atoms with Crippen molar-refractivity contribution in [1.29, 1.82) is 0 Å². The van der Waals surface area contributed by atoms with Gasteiger partial charge in [0.2, 0.25) is 5.91 Å². The first kappa shape index (κ1) is 15.7. The Morgan fingerprint density at radius 3 is 2.52 bits per heavy atom. The minimum atomic E-state index is -1.47. The number of nitrogen functional groups attached to an aromatic ring is 1. The third kappa shape index (κ3) is 3.92. The zero-order valence-corrected chi connectivity index (χ0v) is 13.8. The maximum atomic E-state index is 12.5. The van der Waals surface area contributed by atoms with Crippen molar-refractivity contribution < 1.29 is 9.00 Å². The van der Waals surface area contributed by atoms with Gasteiger partial charge < -0.3 is 11.1 Å². The molecule has 0 aliphatic carbocycles. The fraction of sp³-hybridized carbons (Fsp3) is 0.133. The van der Waals surface area contributed by atoms with Crippen LogP contribution in [0.25, 0.3) is 0 Å². The smallest absolute Gasteiger partial charge is 0.240 e. The molecular weight excluding hydrogens is 352 g/mol. The summed E-state index contributed by atoms with van der Waals surface area (Å²) in [4.78, 5) is 12.7. The molecule has 0 fully saturated rings. The maximum Gasteiger partial charge on any atom is 0.240 e. The van der Waals surface area contributed by atoms with Gasteiger partial charge in [-0.15, -0.1) is 0 Å². The van der Waals surface area contributed by atoms with Gasteiger partial charge in [0, 0.05) is 15.8 Å². The molecule has 2 aromatic rings. The molecule has 0 spiro atoms. The lowest BCUT2D eigenvalue weighted by Gasteiger charge is -2.13. The van der Waals surface area contributed by atoms with Crippen molar-refractivity contribution in [3.63, 3.8) is 0 Å². The summed E-state index contributed by atoms with van der Waals surface area (Å²) < 4.78 is 13.1. The molecular formula is C15H15BrN2O2S. The molecule has 0 heterocycles. The van der Waals surface area contributed by atoms with Crippen molar-refractivity contribution in [2.45, 2.75) is 17.1 Å². The quantitative estimate of drug-likeness (QED) is 0.816. The van der Waals surface area contributed by atoms with Crippen molar-refractivity contribution >= 4 is 44.0 Å². The third-order valence-electron chi connectivity index (χ3n) is 2.90. The van der Waals surface area contributed by atoms with Gasteiger partial charge in [-0.3, -0.25) is 9.00 Å². The first-order chi connectivity index (χ1) is 9.99. The number of rotatable bonds is 4. The number of para-hydroxylation sites is 1. The average Bonchev–Trinajstić information content (AvgIpc) is 2.47. The van der Waals surface area contributed by atoms with Gasteiger partial charge in [-0.2, -0.15) is 0 Å². The van der Waals surface area contributed by atoms with Crippen molar-refractivity contribution in [1.82, 2.24) is 0 Å². The van der Waals surface area contributed by atoms with E-state index in [0.717, 1.165) is 0 Å². The maximum absolute atomic E-state index is 12.5. The molecule has 2 unspecified atom stereocenters. The highest BCUT2D eigenvalue weighted by Gasteiger charge is 2.23. The standard InChI is InChI=1S/C15H15BrN2O2S/c1-10(15(19)18-12-5-3-2-4-6-12)21(20)14-8-7-11(17)9-13(14)16/h2-10H,17H2,1H3,(H,18,19). The lowest BCUT2D eigenvalue weighted by Crippen LogP contribution is -2.29. The summed E-state index contributed by atoms with van der Waals surface area (Å²) in [6, 6.07) is 14.1. The highest BCUT2D eigenvalue weighted by atomic mass is 79.9. The van der Waals surface area contributed by atoms with Gasteiger partial charge >= 0.3 is 0 Å². The summed E-state index contributed by atoms with van der Waals surface area (Å²) in [5, 5.41) is 2.08. The Balaban J connectivity index is 2.13. The second-order valence-electron chi connectivity index (χ2n) is 4.48. The van der Waals surface area contributed by atoms with E-state index < -0.39 is 16.0 Å². The summed E-state index contributed by atoms with van der Waals surface area (Å²) in [5.41, 5.74) is 6.91. The second-order valence-corrected chi connectivity index (χ2v) is 7.08. The van der Waals surface area contributed by atoms with Gasteiger partial charge in [0.25, 0.3) is 0 Å². The monoisotopic (exact) mass is 366 g/mol. The fourth-order valence-electron chi connectivity index (χ4n) is 1.73. The summed E-state index contributed by atoms with van der Waals surface area (Å²) in [5.74, 6) is -0.289. The van der Waals surface area contributed by atoms with Crippen LogP contribution in [0.1, 0.15) is 6.92 Å². The number of nitrogens with two attached hydrogens (primary N) is 1. The first-order valence-corrected chi connectivity index (χ1v) is 8.31. The predicted molar refractivity (Wildman–Crippen MR) is 89.5 cm³/mol. The number of benzene rings is 2. The Morgan fingerprint density at radius 2 is 1.90 bits per heavy atom. The molecule has 0 aromatic heterocycles. The Labute approximate surface area is 134 Å². The fourth-order valence-corrected chi connectivity index (χ4v) is 3.70. The van der Waals surface area contributed by atoms with Crippen LogP contribution >= 0.6 is 15.9 Å². The molecule has 0 saturated heterocycles. The summed E-state index contributed by atoms with van der Waals surface area (Å²) in [6.45, 7) is 1.64. The number of hydrogen-bond acceptors (Lipinski definition) is 3. The molecule has 2 aromatic carbocycles. The predicted octanol–water partition coefficient (Wildman–Crippen LogP) is 3.17. The molecule has 0 aliphatic rings. The van der Waals surface area contributed by atoms with Crippen LogP contribution in [0, 0.1) is 0 Å². The van der Waals surface area contributed by atoms with Crippen molar-refractivity contribution in [2.24, 2.45) is 0 Å². The number of carbonyl (C=O) groups excluding carboxylic acids is 1. The lowest BCUT2D eigenvalue weighted by molar-refractivity contribution is -0.115. The SMILES string of the molecule is CC(C(=O)Nc1ccccc1)S(=O)c1ccc(N)cc1Br. The van der Waals surface area contributed by atoms with Gasteiger partial charge in [0.05, 0.1) is 15.7 Å². The number of nitrogens with one attached hydrogen (secondary N) is 1. The van der Waals surface area contributed by atoms with Gasteiger partial charge in [0.15, 0.2) is 0 Å². The first-order valence-electron chi connectivity index (χ1n) is 6.30. The Kier molecular flexibility index (Phi) is 5.14. The Hall–Kier alpha value is -1.66. The zero-order chi connectivity index (χ0) is 15.4. The van der Waals surface area contributed by atoms with E-state index in [4.69, 9.17) is 5.73 Å². The van der Waals surface area contributed by atoms with E-state index in [0.29, 0.717) is 20.7 Å². The summed E-state index contributed by atoms with van der Waals surface area (Å²) in [6.07, 6.45) is 0. The largest absolute Gasteiger partial charge is 0.399 e. The number of amides is 1. The van der Waals surface area contributed by atoms with Crippen LogP contribution in [0.4, 0.5) is 11.4 Å². The van der Waals surface area contributed by atoms with Crippen LogP contribution in [-0.4, -0.2) is 15.4 Å². The summed E-state index contributed by atoms with van der Waals surface area (Å²) >= 11 is 3.33. The van der Waals surface area contributed by atoms with Crippen molar-refractivity contribution in [3.05, 3.63) is 53.0 Å². The van der Waals surface area contributed by atoms with Crippen LogP contribution in [0.3, 0.4) is 0 Å². The molecule has 0 aliphatic heterocycles. The van der Waals surface area contributed by atoms with Crippen LogP contribution in [0.5, 0.6) is 0 Å². The van der Waals surface area contributed by atoms with Crippen LogP contribution in [-0.2, 0) is 15.6 Å². The Bertz CT molecular complexity index is 677. The molecule has 2 rings (SSSR count). The molecule has 0 radical (unpaired) electrons. The number of anilines is 2. The second kappa shape index (κ2) is 6.87.